The fourth-order valence-corrected chi connectivity index (χ4v) is 4.15. The third-order valence-corrected chi connectivity index (χ3v) is 5.98. The van der Waals surface area contributed by atoms with E-state index < -0.39 is 16.5 Å². The summed E-state index contributed by atoms with van der Waals surface area (Å²) in [6, 6.07) is 8.93. The monoisotopic (exact) mass is 472 g/mol. The van der Waals surface area contributed by atoms with E-state index in [2.05, 4.69) is 4.90 Å². The van der Waals surface area contributed by atoms with Crippen LogP contribution in [0.3, 0.4) is 0 Å². The van der Waals surface area contributed by atoms with Gasteiger partial charge in [-0.25, -0.2) is 9.18 Å². The maximum Gasteiger partial charge on any atom is 0.419 e. The molecule has 180 valence electrons. The fourth-order valence-electron chi connectivity index (χ4n) is 4.15. The van der Waals surface area contributed by atoms with E-state index in [4.69, 9.17) is 9.15 Å². The molecule has 34 heavy (non-hydrogen) atoms. The van der Waals surface area contributed by atoms with Gasteiger partial charge in [0.2, 0.25) is 5.91 Å². The van der Waals surface area contributed by atoms with Crippen LogP contribution >= 0.6 is 0 Å². The predicted molar refractivity (Wildman–Crippen MR) is 121 cm³/mol. The van der Waals surface area contributed by atoms with Gasteiger partial charge >= 0.3 is 5.76 Å². The maximum atomic E-state index is 13.9. The van der Waals surface area contributed by atoms with Gasteiger partial charge in [-0.2, -0.15) is 0 Å². The van der Waals surface area contributed by atoms with Gasteiger partial charge in [-0.1, -0.05) is 6.07 Å². The van der Waals surface area contributed by atoms with Crippen LogP contribution in [-0.4, -0.2) is 58.5 Å². The van der Waals surface area contributed by atoms with E-state index in [1.54, 1.807) is 11.0 Å². The summed E-state index contributed by atoms with van der Waals surface area (Å²) in [7, 11) is 1.43. The van der Waals surface area contributed by atoms with E-state index in [-0.39, 0.29) is 35.9 Å². The zero-order chi connectivity index (χ0) is 24.2. The molecule has 3 aromatic rings. The molecule has 0 aliphatic carbocycles. The van der Waals surface area contributed by atoms with Crippen LogP contribution in [0.15, 0.2) is 45.6 Å². The van der Waals surface area contributed by atoms with E-state index in [9.17, 15) is 24.1 Å². The first-order valence-electron chi connectivity index (χ1n) is 11.0. The van der Waals surface area contributed by atoms with Crippen molar-refractivity contribution in [3.63, 3.8) is 0 Å². The number of carbonyl (C=O) groups excluding carboxylic acids is 1. The van der Waals surface area contributed by atoms with Crippen LogP contribution in [0, 0.1) is 15.9 Å². The first-order valence-corrected chi connectivity index (χ1v) is 11.0. The second-order valence-electron chi connectivity index (χ2n) is 8.16. The number of nitro groups is 1. The number of fused-ring (bicyclic) bond motifs is 1. The minimum absolute atomic E-state index is 0.00614. The second kappa shape index (κ2) is 10.0. The van der Waals surface area contributed by atoms with Crippen molar-refractivity contribution >= 4 is 22.7 Å². The summed E-state index contributed by atoms with van der Waals surface area (Å²) in [5, 5.41) is 10.9. The quantitative estimate of drug-likeness (QED) is 0.366. The Kier molecular flexibility index (Phi) is 6.92. The number of nitrogens with zero attached hydrogens (tertiary/aromatic N) is 4. The number of non-ortho nitro benzene ring substituents is 1. The second-order valence-corrected chi connectivity index (χ2v) is 8.16. The van der Waals surface area contributed by atoms with Crippen molar-refractivity contribution < 1.29 is 23.3 Å². The normalized spacial score (nSPS) is 14.5. The number of hydrogen-bond donors (Lipinski definition) is 0. The van der Waals surface area contributed by atoms with Crippen molar-refractivity contribution in [1.82, 2.24) is 14.4 Å². The van der Waals surface area contributed by atoms with Gasteiger partial charge in [0.1, 0.15) is 0 Å². The molecule has 1 fully saturated rings. The molecule has 4 rings (SSSR count). The number of aryl methyl sites for hydroxylation is 1. The number of halogens is 1. The summed E-state index contributed by atoms with van der Waals surface area (Å²) < 4.78 is 25.4. The number of hydrogen-bond acceptors (Lipinski definition) is 7. The van der Waals surface area contributed by atoms with Gasteiger partial charge in [-0.15, -0.1) is 0 Å². The molecule has 1 saturated heterocycles. The average Bonchev–Trinajstić information content (AvgIpc) is 3.14. The van der Waals surface area contributed by atoms with Gasteiger partial charge in [0, 0.05) is 51.8 Å². The number of benzene rings is 2. The first-order chi connectivity index (χ1) is 16.4. The number of amides is 1. The lowest BCUT2D eigenvalue weighted by molar-refractivity contribution is -0.384. The van der Waals surface area contributed by atoms with Crippen molar-refractivity contribution in [3.05, 3.63) is 68.4 Å². The van der Waals surface area contributed by atoms with Crippen LogP contribution in [0.5, 0.6) is 5.75 Å². The van der Waals surface area contributed by atoms with Crippen LogP contribution in [0.4, 0.5) is 10.1 Å². The highest BCUT2D eigenvalue weighted by Gasteiger charge is 2.21. The Morgan fingerprint density at radius 2 is 1.94 bits per heavy atom. The first kappa shape index (κ1) is 23.4. The molecule has 2 aromatic carbocycles. The number of oxazole rings is 1. The lowest BCUT2D eigenvalue weighted by Crippen LogP contribution is -2.48. The minimum atomic E-state index is -0.605. The number of rotatable bonds is 8. The molecule has 1 amide bonds. The van der Waals surface area contributed by atoms with Gasteiger partial charge in [0.25, 0.3) is 5.69 Å². The molecule has 0 atom stereocenters. The van der Waals surface area contributed by atoms with E-state index in [0.29, 0.717) is 44.7 Å². The van der Waals surface area contributed by atoms with Gasteiger partial charge < -0.3 is 14.1 Å². The molecule has 1 aliphatic rings. The van der Waals surface area contributed by atoms with E-state index >= 15 is 0 Å². The van der Waals surface area contributed by atoms with Crippen molar-refractivity contribution in [3.8, 4) is 5.75 Å². The third kappa shape index (κ3) is 5.09. The summed E-state index contributed by atoms with van der Waals surface area (Å²) in [6.45, 7) is 3.40. The molecule has 0 spiro atoms. The zero-order valence-electron chi connectivity index (χ0n) is 18.7. The molecule has 0 unspecified atom stereocenters. The number of nitro benzene ring substituents is 1. The molecule has 0 bridgehead atoms. The highest BCUT2D eigenvalue weighted by Crippen LogP contribution is 2.21. The van der Waals surface area contributed by atoms with Crippen molar-refractivity contribution in [2.75, 3.05) is 33.3 Å². The SMILES string of the molecule is COc1ccc(CN2CCN(C(=O)CCCn3c(=O)oc4cc([N+](=O)[O-])ccc43)CC2)cc1F. The van der Waals surface area contributed by atoms with Gasteiger partial charge in [-0.3, -0.25) is 24.4 Å². The Morgan fingerprint density at radius 3 is 2.62 bits per heavy atom. The van der Waals surface area contributed by atoms with Crippen LogP contribution in [0.25, 0.3) is 11.1 Å². The van der Waals surface area contributed by atoms with Crippen LogP contribution in [-0.2, 0) is 17.9 Å². The van der Waals surface area contributed by atoms with Crippen LogP contribution in [0.2, 0.25) is 0 Å². The molecule has 0 N–H and O–H groups in total. The van der Waals surface area contributed by atoms with Crippen molar-refractivity contribution in [1.29, 1.82) is 0 Å². The zero-order valence-corrected chi connectivity index (χ0v) is 18.7. The smallest absolute Gasteiger partial charge is 0.419 e. The van der Waals surface area contributed by atoms with Gasteiger partial charge in [0.05, 0.1) is 23.6 Å². The Hall–Kier alpha value is -3.73. The molecule has 0 radical (unpaired) electrons. The molecule has 11 heteroatoms. The molecule has 10 nitrogen and oxygen atoms in total. The number of ether oxygens (including phenoxy) is 1. The summed E-state index contributed by atoms with van der Waals surface area (Å²) >= 11 is 0. The Balaban J connectivity index is 1.26. The summed E-state index contributed by atoms with van der Waals surface area (Å²) in [6.07, 6.45) is 0.714. The van der Waals surface area contributed by atoms with E-state index in [1.165, 1.54) is 35.9 Å². The maximum absolute atomic E-state index is 13.9. The largest absolute Gasteiger partial charge is 0.494 e. The summed E-state index contributed by atoms with van der Waals surface area (Å²) in [5.74, 6) is -0.777. The number of methoxy groups -OCH3 is 1. The summed E-state index contributed by atoms with van der Waals surface area (Å²) in [5.41, 5.74) is 1.31. The van der Waals surface area contributed by atoms with Crippen molar-refractivity contribution in [2.24, 2.45) is 0 Å². The van der Waals surface area contributed by atoms with E-state index in [1.807, 2.05) is 6.07 Å². The lowest BCUT2D eigenvalue weighted by Gasteiger charge is -2.35. The Bertz CT molecular complexity index is 1260. The fraction of sp³-hybridized carbons (Fsp3) is 0.391. The lowest BCUT2D eigenvalue weighted by atomic mass is 10.1. The highest BCUT2D eigenvalue weighted by molar-refractivity contribution is 5.77. The minimum Gasteiger partial charge on any atom is -0.494 e. The topological polar surface area (TPSA) is 111 Å². The van der Waals surface area contributed by atoms with Crippen LogP contribution in [0.1, 0.15) is 18.4 Å². The highest BCUT2D eigenvalue weighted by atomic mass is 19.1. The molecule has 1 aromatic heterocycles. The van der Waals surface area contributed by atoms with Gasteiger partial charge in [0.15, 0.2) is 17.1 Å². The molecular weight excluding hydrogens is 447 g/mol. The molecule has 2 heterocycles. The van der Waals surface area contributed by atoms with Crippen LogP contribution < -0.4 is 10.5 Å². The number of piperazine rings is 1. The van der Waals surface area contributed by atoms with E-state index in [0.717, 1.165) is 5.56 Å². The number of carbonyl (C=O) groups is 1. The third-order valence-electron chi connectivity index (χ3n) is 5.98. The predicted octanol–water partition coefficient (Wildman–Crippen LogP) is 2.78. The molecule has 0 saturated carbocycles. The molecular formula is C23H25FN4O6. The number of aromatic nitrogens is 1. The Labute approximate surface area is 194 Å². The van der Waals surface area contributed by atoms with Crippen molar-refractivity contribution in [2.45, 2.75) is 25.9 Å². The summed E-state index contributed by atoms with van der Waals surface area (Å²) in [4.78, 5) is 39.1. The Morgan fingerprint density at radius 1 is 1.18 bits per heavy atom. The van der Waals surface area contributed by atoms with Gasteiger partial charge in [-0.05, 0) is 30.2 Å². The standard InChI is InChI=1S/C23H25FN4O6/c1-33-20-7-4-16(13-18(20)24)15-25-9-11-26(12-10-25)22(29)3-2-8-27-19-6-5-17(28(31)32)14-21(19)34-23(27)30/h4-7,13-14H,2-3,8-12,15H2,1H3. The molecule has 1 aliphatic heterocycles. The average molecular weight is 472 g/mol.